The molecule has 0 aromatic heterocycles. The Balaban J connectivity index is 1.58. The van der Waals surface area contributed by atoms with Crippen molar-refractivity contribution in [2.24, 2.45) is 5.10 Å². The number of benzene rings is 4. The Morgan fingerprint density at radius 3 is 2.33 bits per heavy atom. The molecule has 0 aliphatic heterocycles. The third kappa shape index (κ3) is 5.05. The summed E-state index contributed by atoms with van der Waals surface area (Å²) in [6.45, 7) is -0.492. The summed E-state index contributed by atoms with van der Waals surface area (Å²) in [7, 11) is -4.04. The molecule has 0 atom stereocenters. The molecule has 166 valence electrons. The van der Waals surface area contributed by atoms with Gasteiger partial charge in [-0.1, -0.05) is 84.4 Å². The molecule has 0 spiro atoms. The lowest BCUT2D eigenvalue weighted by Gasteiger charge is -2.24. The van der Waals surface area contributed by atoms with E-state index in [2.05, 4.69) is 10.5 Å². The number of anilines is 1. The van der Waals surface area contributed by atoms with Crippen molar-refractivity contribution < 1.29 is 13.2 Å². The van der Waals surface area contributed by atoms with E-state index < -0.39 is 22.5 Å². The first-order valence-corrected chi connectivity index (χ1v) is 11.9. The van der Waals surface area contributed by atoms with Crippen LogP contribution in [0.1, 0.15) is 5.56 Å². The number of fused-ring (bicyclic) bond motifs is 1. The van der Waals surface area contributed by atoms with Gasteiger partial charge in [-0.15, -0.1) is 0 Å². The van der Waals surface area contributed by atoms with Crippen LogP contribution in [0, 0.1) is 0 Å². The number of halogens is 1. The van der Waals surface area contributed by atoms with Crippen molar-refractivity contribution in [1.29, 1.82) is 0 Å². The van der Waals surface area contributed by atoms with E-state index in [1.165, 1.54) is 18.3 Å². The van der Waals surface area contributed by atoms with Crippen molar-refractivity contribution >= 4 is 50.2 Å². The summed E-state index contributed by atoms with van der Waals surface area (Å²) in [5.41, 5.74) is 3.45. The highest BCUT2D eigenvalue weighted by atomic mass is 35.5. The standard InChI is InChI=1S/C25H20ClN3O3S/c26-23-15-6-7-16-24(23)29(33(31,32)21-12-2-1-3-13-21)18-25(30)28-27-17-20-11-8-10-19-9-4-5-14-22(19)20/h1-17H,18H2,(H,28,30)/b27-17-. The maximum atomic E-state index is 13.3. The van der Waals surface area contributed by atoms with Crippen LogP contribution in [0.5, 0.6) is 0 Å². The molecule has 0 saturated heterocycles. The molecule has 0 heterocycles. The van der Waals surface area contributed by atoms with Crippen molar-refractivity contribution in [3.8, 4) is 0 Å². The minimum atomic E-state index is -4.04. The Bertz CT molecular complexity index is 1420. The van der Waals surface area contributed by atoms with Gasteiger partial charge < -0.3 is 0 Å². The summed E-state index contributed by atoms with van der Waals surface area (Å²) >= 11 is 6.27. The highest BCUT2D eigenvalue weighted by molar-refractivity contribution is 7.92. The van der Waals surface area contributed by atoms with Crippen LogP contribution >= 0.6 is 11.6 Å². The fourth-order valence-electron chi connectivity index (χ4n) is 3.38. The molecule has 0 unspecified atom stereocenters. The van der Waals surface area contributed by atoms with Crippen molar-refractivity contribution in [2.75, 3.05) is 10.8 Å². The number of hydrazone groups is 1. The van der Waals surface area contributed by atoms with Crippen LogP contribution in [0.3, 0.4) is 0 Å². The number of nitrogens with one attached hydrogen (secondary N) is 1. The molecule has 0 fully saturated rings. The highest BCUT2D eigenvalue weighted by Crippen LogP contribution is 2.30. The Morgan fingerprint density at radius 1 is 0.879 bits per heavy atom. The number of sulfonamides is 1. The van der Waals surface area contributed by atoms with Crippen LogP contribution in [0.25, 0.3) is 10.8 Å². The molecule has 1 amide bonds. The summed E-state index contributed by atoms with van der Waals surface area (Å²) in [5.74, 6) is -0.606. The summed E-state index contributed by atoms with van der Waals surface area (Å²) in [6.07, 6.45) is 1.53. The van der Waals surface area contributed by atoms with Crippen molar-refractivity contribution in [2.45, 2.75) is 4.90 Å². The molecule has 8 heteroatoms. The van der Waals surface area contributed by atoms with Crippen molar-refractivity contribution in [3.63, 3.8) is 0 Å². The van der Waals surface area contributed by atoms with Crippen molar-refractivity contribution in [1.82, 2.24) is 5.43 Å². The monoisotopic (exact) mass is 477 g/mol. The molecule has 1 N–H and O–H groups in total. The van der Waals surface area contributed by atoms with Crippen molar-refractivity contribution in [3.05, 3.63) is 108 Å². The fraction of sp³-hybridized carbons (Fsp3) is 0.0400. The van der Waals surface area contributed by atoms with Gasteiger partial charge in [0.05, 0.1) is 21.8 Å². The number of hydrogen-bond acceptors (Lipinski definition) is 4. The van der Waals surface area contributed by atoms with Gasteiger partial charge >= 0.3 is 0 Å². The van der Waals surface area contributed by atoms with E-state index in [-0.39, 0.29) is 15.6 Å². The summed E-state index contributed by atoms with van der Waals surface area (Å²) in [4.78, 5) is 12.7. The van der Waals surface area contributed by atoms with E-state index in [4.69, 9.17) is 11.6 Å². The Labute approximate surface area is 197 Å². The summed E-state index contributed by atoms with van der Waals surface area (Å²) in [6, 6.07) is 27.9. The van der Waals surface area contributed by atoms with Gasteiger partial charge in [0.25, 0.3) is 15.9 Å². The van der Waals surface area contributed by atoms with Gasteiger partial charge in [-0.25, -0.2) is 13.8 Å². The van der Waals surface area contributed by atoms with Crippen LogP contribution in [0.4, 0.5) is 5.69 Å². The second-order valence-corrected chi connectivity index (χ2v) is 9.41. The molecule has 4 rings (SSSR count). The molecule has 0 radical (unpaired) electrons. The topological polar surface area (TPSA) is 78.8 Å². The second kappa shape index (κ2) is 9.85. The maximum Gasteiger partial charge on any atom is 0.264 e. The number of nitrogens with zero attached hydrogens (tertiary/aromatic N) is 2. The summed E-state index contributed by atoms with van der Waals surface area (Å²) in [5, 5.41) is 6.28. The van der Waals surface area contributed by atoms with Crippen LogP contribution < -0.4 is 9.73 Å². The number of carbonyl (C=O) groups excluding carboxylic acids is 1. The predicted octanol–water partition coefficient (Wildman–Crippen LogP) is 4.84. The molecule has 33 heavy (non-hydrogen) atoms. The smallest absolute Gasteiger partial charge is 0.264 e. The van der Waals surface area contributed by atoms with Gasteiger partial charge in [0.15, 0.2) is 0 Å². The third-order valence-corrected chi connectivity index (χ3v) is 7.05. The number of hydrogen-bond donors (Lipinski definition) is 1. The minimum absolute atomic E-state index is 0.0528. The molecule has 4 aromatic rings. The van der Waals surface area contributed by atoms with E-state index in [1.807, 2.05) is 42.5 Å². The average molecular weight is 478 g/mol. The summed E-state index contributed by atoms with van der Waals surface area (Å²) < 4.78 is 27.6. The zero-order valence-electron chi connectivity index (χ0n) is 17.4. The van der Waals surface area contributed by atoms with Crippen LogP contribution in [0.2, 0.25) is 5.02 Å². The van der Waals surface area contributed by atoms with E-state index in [9.17, 15) is 13.2 Å². The Kier molecular flexibility index (Phi) is 6.72. The largest absolute Gasteiger partial charge is 0.271 e. The van der Waals surface area contributed by atoms with Crippen LogP contribution in [-0.4, -0.2) is 27.1 Å². The molecule has 4 aromatic carbocycles. The zero-order chi connectivity index (χ0) is 23.3. The van der Waals surface area contributed by atoms with E-state index >= 15 is 0 Å². The van der Waals surface area contributed by atoms with E-state index in [0.717, 1.165) is 20.6 Å². The maximum absolute atomic E-state index is 13.3. The van der Waals surface area contributed by atoms with Gasteiger partial charge in [0.2, 0.25) is 0 Å². The molecular formula is C25H20ClN3O3S. The lowest BCUT2D eigenvalue weighted by molar-refractivity contribution is -0.119. The SMILES string of the molecule is O=C(CN(c1ccccc1Cl)S(=O)(=O)c1ccccc1)N/N=C\c1cccc2ccccc12. The van der Waals surface area contributed by atoms with Gasteiger partial charge in [-0.2, -0.15) is 5.10 Å². The van der Waals surface area contributed by atoms with Gasteiger partial charge in [-0.3, -0.25) is 9.10 Å². The second-order valence-electron chi connectivity index (χ2n) is 7.14. The van der Waals surface area contributed by atoms with Gasteiger partial charge in [0.1, 0.15) is 6.54 Å². The molecule has 6 nitrogen and oxygen atoms in total. The number of carbonyl (C=O) groups is 1. The first kappa shape index (κ1) is 22.5. The molecular weight excluding hydrogens is 458 g/mol. The Hall–Kier alpha value is -3.68. The quantitative estimate of drug-likeness (QED) is 0.305. The first-order valence-electron chi connectivity index (χ1n) is 10.1. The molecule has 0 aliphatic carbocycles. The van der Waals surface area contributed by atoms with Gasteiger partial charge in [-0.05, 0) is 35.0 Å². The number of para-hydroxylation sites is 1. The number of amides is 1. The predicted molar refractivity (Wildman–Crippen MR) is 132 cm³/mol. The number of rotatable bonds is 7. The zero-order valence-corrected chi connectivity index (χ0v) is 19.0. The molecule has 0 saturated carbocycles. The first-order chi connectivity index (χ1) is 16.0. The fourth-order valence-corrected chi connectivity index (χ4v) is 5.12. The lowest BCUT2D eigenvalue weighted by atomic mass is 10.1. The van der Waals surface area contributed by atoms with Gasteiger partial charge in [0, 0.05) is 5.56 Å². The van der Waals surface area contributed by atoms with Crippen LogP contribution in [-0.2, 0) is 14.8 Å². The van der Waals surface area contributed by atoms with Crippen LogP contribution in [0.15, 0.2) is 107 Å². The Morgan fingerprint density at radius 2 is 1.55 bits per heavy atom. The lowest BCUT2D eigenvalue weighted by Crippen LogP contribution is -2.39. The average Bonchev–Trinajstić information content (AvgIpc) is 2.84. The van der Waals surface area contributed by atoms with E-state index in [0.29, 0.717) is 0 Å². The molecule has 0 aliphatic rings. The minimum Gasteiger partial charge on any atom is -0.271 e. The molecule has 0 bridgehead atoms. The normalized spacial score (nSPS) is 11.5. The highest BCUT2D eigenvalue weighted by Gasteiger charge is 2.28. The third-order valence-electron chi connectivity index (χ3n) is 4.96. The van der Waals surface area contributed by atoms with E-state index in [1.54, 1.807) is 42.5 Å².